The van der Waals surface area contributed by atoms with Gasteiger partial charge in [-0.2, -0.15) is 0 Å². The lowest BCUT2D eigenvalue weighted by Crippen LogP contribution is -2.44. The topological polar surface area (TPSA) is 20.3 Å². The van der Waals surface area contributed by atoms with Crippen molar-refractivity contribution in [2.75, 3.05) is 13.1 Å². The first-order valence-electron chi connectivity index (χ1n) is 8.03. The van der Waals surface area contributed by atoms with Crippen molar-refractivity contribution in [3.05, 3.63) is 0 Å². The Morgan fingerprint density at radius 1 is 1.00 bits per heavy atom. The summed E-state index contributed by atoms with van der Waals surface area (Å²) >= 11 is 0. The van der Waals surface area contributed by atoms with Crippen LogP contribution in [0.15, 0.2) is 0 Å². The summed E-state index contributed by atoms with van der Waals surface area (Å²) in [6.45, 7) is 2.32. The van der Waals surface area contributed by atoms with Crippen LogP contribution < -0.4 is 0 Å². The third kappa shape index (κ3) is 2.36. The largest absolute Gasteiger partial charge is 0.303 e. The highest BCUT2D eigenvalue weighted by Gasteiger charge is 2.41. The molecule has 1 heterocycles. The van der Waals surface area contributed by atoms with Gasteiger partial charge in [0.15, 0.2) is 0 Å². The minimum Gasteiger partial charge on any atom is -0.303 e. The molecule has 2 unspecified atom stereocenters. The van der Waals surface area contributed by atoms with Crippen LogP contribution in [0.25, 0.3) is 0 Å². The van der Waals surface area contributed by atoms with Gasteiger partial charge in [-0.1, -0.05) is 32.1 Å². The van der Waals surface area contributed by atoms with Crippen LogP contribution in [0.5, 0.6) is 0 Å². The van der Waals surface area contributed by atoms with Crippen LogP contribution in [0.1, 0.15) is 64.2 Å². The van der Waals surface area contributed by atoms with Gasteiger partial charge < -0.3 is 4.79 Å². The van der Waals surface area contributed by atoms with Crippen LogP contribution in [0.4, 0.5) is 0 Å². The van der Waals surface area contributed by atoms with Crippen molar-refractivity contribution in [3.8, 4) is 0 Å². The molecule has 102 valence electrons. The molecule has 3 fully saturated rings. The van der Waals surface area contributed by atoms with E-state index >= 15 is 0 Å². The molecule has 0 N–H and O–H groups in total. The van der Waals surface area contributed by atoms with Crippen molar-refractivity contribution in [1.29, 1.82) is 0 Å². The number of hydrogen-bond acceptors (Lipinski definition) is 2. The van der Waals surface area contributed by atoms with Crippen LogP contribution in [0.2, 0.25) is 0 Å². The minimum atomic E-state index is 0.0184. The standard InChI is InChI=1S/C16H27NO/c18-13-16(9-4-1-5-10-16)12-17-11-8-14-6-2-3-7-15(14)17/h13-15H,1-12H2. The summed E-state index contributed by atoms with van der Waals surface area (Å²) in [5.41, 5.74) is 0.0184. The highest BCUT2D eigenvalue weighted by Crippen LogP contribution is 2.41. The Hall–Kier alpha value is -0.370. The fourth-order valence-corrected chi connectivity index (χ4v) is 4.67. The van der Waals surface area contributed by atoms with Gasteiger partial charge in [-0.3, -0.25) is 4.90 Å². The Labute approximate surface area is 111 Å². The van der Waals surface area contributed by atoms with Gasteiger partial charge in [-0.05, 0) is 44.6 Å². The summed E-state index contributed by atoms with van der Waals surface area (Å²) in [6, 6.07) is 0.817. The number of carbonyl (C=O) groups excluding carboxylic acids is 1. The highest BCUT2D eigenvalue weighted by atomic mass is 16.1. The normalized spacial score (nSPS) is 36.2. The molecule has 18 heavy (non-hydrogen) atoms. The molecule has 3 rings (SSSR count). The van der Waals surface area contributed by atoms with Gasteiger partial charge >= 0.3 is 0 Å². The van der Waals surface area contributed by atoms with Crippen LogP contribution in [-0.4, -0.2) is 30.3 Å². The third-order valence-electron chi connectivity index (χ3n) is 5.74. The molecular formula is C16H27NO. The number of likely N-dealkylation sites (tertiary alicyclic amines) is 1. The lowest BCUT2D eigenvalue weighted by molar-refractivity contribution is -0.119. The predicted octanol–water partition coefficient (Wildman–Crippen LogP) is 3.40. The van der Waals surface area contributed by atoms with Gasteiger partial charge in [0.25, 0.3) is 0 Å². The Kier molecular flexibility index (Phi) is 3.74. The first-order chi connectivity index (χ1) is 8.83. The fraction of sp³-hybridized carbons (Fsp3) is 0.938. The molecule has 2 aliphatic carbocycles. The molecule has 0 amide bonds. The lowest BCUT2D eigenvalue weighted by Gasteiger charge is -2.39. The monoisotopic (exact) mass is 249 g/mol. The molecule has 0 aromatic heterocycles. The van der Waals surface area contributed by atoms with E-state index in [0.717, 1.165) is 31.3 Å². The summed E-state index contributed by atoms with van der Waals surface area (Å²) in [5.74, 6) is 0.950. The molecule has 0 aromatic carbocycles. The second-order valence-electron chi connectivity index (χ2n) is 6.91. The molecule has 3 aliphatic rings. The van der Waals surface area contributed by atoms with E-state index in [0.29, 0.717) is 0 Å². The van der Waals surface area contributed by atoms with Gasteiger partial charge in [0, 0.05) is 18.0 Å². The molecule has 1 aliphatic heterocycles. The molecular weight excluding hydrogens is 222 g/mol. The number of carbonyl (C=O) groups is 1. The van der Waals surface area contributed by atoms with Crippen LogP contribution >= 0.6 is 0 Å². The van der Waals surface area contributed by atoms with Gasteiger partial charge in [0.2, 0.25) is 0 Å². The predicted molar refractivity (Wildman–Crippen MR) is 73.5 cm³/mol. The number of aldehydes is 1. The number of rotatable bonds is 3. The Balaban J connectivity index is 1.65. The Morgan fingerprint density at radius 3 is 2.56 bits per heavy atom. The van der Waals surface area contributed by atoms with E-state index in [1.807, 2.05) is 0 Å². The van der Waals surface area contributed by atoms with E-state index in [2.05, 4.69) is 4.90 Å². The van der Waals surface area contributed by atoms with E-state index in [1.54, 1.807) is 0 Å². The quantitative estimate of drug-likeness (QED) is 0.714. The van der Waals surface area contributed by atoms with E-state index in [-0.39, 0.29) is 5.41 Å². The average Bonchev–Trinajstić information content (AvgIpc) is 2.83. The lowest BCUT2D eigenvalue weighted by atomic mass is 9.74. The molecule has 0 aromatic rings. The first-order valence-corrected chi connectivity index (χ1v) is 8.03. The minimum absolute atomic E-state index is 0.0184. The number of nitrogens with zero attached hydrogens (tertiary/aromatic N) is 1. The van der Waals surface area contributed by atoms with Crippen molar-refractivity contribution in [3.63, 3.8) is 0 Å². The zero-order chi connectivity index (χ0) is 12.4. The van der Waals surface area contributed by atoms with E-state index in [1.165, 1.54) is 64.2 Å². The van der Waals surface area contributed by atoms with E-state index < -0.39 is 0 Å². The molecule has 2 nitrogen and oxygen atoms in total. The highest BCUT2D eigenvalue weighted by molar-refractivity contribution is 5.60. The SMILES string of the molecule is O=CC1(CN2CCC3CCCCC32)CCCCC1. The molecule has 0 bridgehead atoms. The zero-order valence-electron chi connectivity index (χ0n) is 11.6. The molecule has 1 saturated heterocycles. The Bertz CT molecular complexity index is 295. The molecule has 0 spiro atoms. The summed E-state index contributed by atoms with van der Waals surface area (Å²) in [6.07, 6.45) is 14.5. The maximum absolute atomic E-state index is 11.6. The molecule has 0 radical (unpaired) electrons. The van der Waals surface area contributed by atoms with Crippen molar-refractivity contribution in [1.82, 2.24) is 4.90 Å². The van der Waals surface area contributed by atoms with Crippen molar-refractivity contribution in [2.45, 2.75) is 70.3 Å². The third-order valence-corrected chi connectivity index (χ3v) is 5.74. The number of fused-ring (bicyclic) bond motifs is 1. The van der Waals surface area contributed by atoms with Crippen LogP contribution in [-0.2, 0) is 4.79 Å². The van der Waals surface area contributed by atoms with E-state index in [9.17, 15) is 4.79 Å². The Morgan fingerprint density at radius 2 is 1.78 bits per heavy atom. The molecule has 2 atom stereocenters. The van der Waals surface area contributed by atoms with Gasteiger partial charge in [0.05, 0.1) is 0 Å². The van der Waals surface area contributed by atoms with Crippen LogP contribution in [0.3, 0.4) is 0 Å². The first kappa shape index (κ1) is 12.7. The molecule has 2 heteroatoms. The summed E-state index contributed by atoms with van der Waals surface area (Å²) in [5, 5.41) is 0. The fourth-order valence-electron chi connectivity index (χ4n) is 4.67. The summed E-state index contributed by atoms with van der Waals surface area (Å²) < 4.78 is 0. The smallest absolute Gasteiger partial charge is 0.127 e. The van der Waals surface area contributed by atoms with Crippen LogP contribution in [0, 0.1) is 11.3 Å². The second-order valence-corrected chi connectivity index (χ2v) is 6.91. The summed E-state index contributed by atoms with van der Waals surface area (Å²) in [7, 11) is 0. The number of hydrogen-bond donors (Lipinski definition) is 0. The average molecular weight is 249 g/mol. The maximum atomic E-state index is 11.6. The molecule has 2 saturated carbocycles. The van der Waals surface area contributed by atoms with E-state index in [4.69, 9.17) is 0 Å². The van der Waals surface area contributed by atoms with Gasteiger partial charge in [-0.25, -0.2) is 0 Å². The van der Waals surface area contributed by atoms with Crippen molar-refractivity contribution >= 4 is 6.29 Å². The van der Waals surface area contributed by atoms with Crippen molar-refractivity contribution in [2.24, 2.45) is 11.3 Å². The zero-order valence-corrected chi connectivity index (χ0v) is 11.6. The summed E-state index contributed by atoms with van der Waals surface area (Å²) in [4.78, 5) is 14.3. The van der Waals surface area contributed by atoms with Crippen molar-refractivity contribution < 1.29 is 4.79 Å². The second kappa shape index (κ2) is 5.32. The van der Waals surface area contributed by atoms with Gasteiger partial charge in [0.1, 0.15) is 6.29 Å². The maximum Gasteiger partial charge on any atom is 0.127 e. The van der Waals surface area contributed by atoms with Gasteiger partial charge in [-0.15, -0.1) is 0 Å².